The molecule has 0 aliphatic carbocycles. The first-order valence-corrected chi connectivity index (χ1v) is 7.59. The summed E-state index contributed by atoms with van der Waals surface area (Å²) in [5, 5.41) is 8.96. The highest BCUT2D eigenvalue weighted by molar-refractivity contribution is 7.89. The Balaban J connectivity index is 3.17. The minimum atomic E-state index is -3.66. The molecular weight excluding hydrogens is 266 g/mol. The van der Waals surface area contributed by atoms with Crippen molar-refractivity contribution in [2.75, 3.05) is 19.7 Å². The van der Waals surface area contributed by atoms with Gasteiger partial charge in [0.15, 0.2) is 5.78 Å². The molecule has 0 fully saturated rings. The van der Waals surface area contributed by atoms with Crippen LogP contribution in [-0.2, 0) is 10.0 Å². The average molecular weight is 285 g/mol. The van der Waals surface area contributed by atoms with Crippen LogP contribution in [0, 0.1) is 0 Å². The third-order valence-electron chi connectivity index (χ3n) is 2.70. The van der Waals surface area contributed by atoms with Crippen molar-refractivity contribution >= 4 is 15.8 Å². The van der Waals surface area contributed by atoms with Crippen LogP contribution < -0.4 is 0 Å². The highest BCUT2D eigenvalue weighted by atomic mass is 32.2. The zero-order chi connectivity index (χ0) is 14.5. The number of Topliss-reactive ketones (excluding diaryl/α,β-unsaturated/α-hetero) is 1. The van der Waals surface area contributed by atoms with Crippen molar-refractivity contribution in [1.29, 1.82) is 0 Å². The number of benzene rings is 1. The topological polar surface area (TPSA) is 74.7 Å². The summed E-state index contributed by atoms with van der Waals surface area (Å²) in [5.74, 6) is -0.179. The van der Waals surface area contributed by atoms with Crippen molar-refractivity contribution in [3.8, 4) is 0 Å². The lowest BCUT2D eigenvalue weighted by Gasteiger charge is -2.20. The second kappa shape index (κ2) is 6.79. The predicted octanol–water partition coefficient (Wildman–Crippen LogP) is 1.28. The SMILES string of the molecule is CCCN(CCO)S(=O)(=O)c1cccc(C(C)=O)c1. The molecule has 0 unspecified atom stereocenters. The van der Waals surface area contributed by atoms with E-state index in [9.17, 15) is 13.2 Å². The van der Waals surface area contributed by atoms with E-state index in [2.05, 4.69) is 0 Å². The molecule has 5 nitrogen and oxygen atoms in total. The van der Waals surface area contributed by atoms with Crippen LogP contribution in [0.1, 0.15) is 30.6 Å². The molecule has 0 amide bonds. The molecule has 1 aromatic carbocycles. The largest absolute Gasteiger partial charge is 0.395 e. The maximum absolute atomic E-state index is 12.4. The first-order chi connectivity index (χ1) is 8.93. The number of nitrogens with zero attached hydrogens (tertiary/aromatic N) is 1. The number of hydrogen-bond acceptors (Lipinski definition) is 4. The molecule has 106 valence electrons. The monoisotopic (exact) mass is 285 g/mol. The van der Waals surface area contributed by atoms with Gasteiger partial charge in [0.1, 0.15) is 0 Å². The van der Waals surface area contributed by atoms with Gasteiger partial charge in [0.25, 0.3) is 0 Å². The third-order valence-corrected chi connectivity index (χ3v) is 4.60. The molecule has 0 aliphatic rings. The summed E-state index contributed by atoms with van der Waals surface area (Å²) < 4.78 is 26.0. The predicted molar refractivity (Wildman–Crippen MR) is 72.6 cm³/mol. The lowest BCUT2D eigenvalue weighted by molar-refractivity contribution is 0.101. The van der Waals surface area contributed by atoms with Crippen molar-refractivity contribution < 1.29 is 18.3 Å². The Morgan fingerprint density at radius 2 is 2.00 bits per heavy atom. The van der Waals surface area contributed by atoms with Gasteiger partial charge in [-0.15, -0.1) is 0 Å². The fourth-order valence-electron chi connectivity index (χ4n) is 1.74. The second-order valence-corrected chi connectivity index (χ2v) is 6.15. The van der Waals surface area contributed by atoms with Gasteiger partial charge in [-0.25, -0.2) is 8.42 Å². The number of rotatable bonds is 7. The Bertz CT molecular complexity index is 533. The van der Waals surface area contributed by atoms with Crippen LogP contribution in [0.25, 0.3) is 0 Å². The van der Waals surface area contributed by atoms with E-state index in [1.54, 1.807) is 12.1 Å². The van der Waals surface area contributed by atoms with Crippen molar-refractivity contribution in [2.24, 2.45) is 0 Å². The number of hydrogen-bond donors (Lipinski definition) is 1. The maximum atomic E-state index is 12.4. The van der Waals surface area contributed by atoms with Gasteiger partial charge < -0.3 is 5.11 Å². The summed E-state index contributed by atoms with van der Waals surface area (Å²) in [5.41, 5.74) is 0.363. The minimum absolute atomic E-state index is 0.0560. The van der Waals surface area contributed by atoms with Crippen molar-refractivity contribution in [3.05, 3.63) is 29.8 Å². The summed E-state index contributed by atoms with van der Waals surface area (Å²) in [6.45, 7) is 3.43. The maximum Gasteiger partial charge on any atom is 0.243 e. The Hall–Kier alpha value is -1.24. The van der Waals surface area contributed by atoms with Crippen molar-refractivity contribution in [2.45, 2.75) is 25.2 Å². The van der Waals surface area contributed by atoms with Gasteiger partial charge in [-0.05, 0) is 25.5 Å². The molecule has 0 saturated carbocycles. The first kappa shape index (κ1) is 15.8. The lowest BCUT2D eigenvalue weighted by atomic mass is 10.2. The van der Waals surface area contributed by atoms with Gasteiger partial charge >= 0.3 is 0 Å². The lowest BCUT2D eigenvalue weighted by Crippen LogP contribution is -2.34. The molecule has 1 rings (SSSR count). The quantitative estimate of drug-likeness (QED) is 0.766. The number of carbonyl (C=O) groups excluding carboxylic acids is 1. The van der Waals surface area contributed by atoms with E-state index in [1.807, 2.05) is 6.92 Å². The molecule has 0 aliphatic heterocycles. The Labute approximate surface area is 113 Å². The number of aliphatic hydroxyl groups excluding tert-OH is 1. The molecule has 0 atom stereocenters. The van der Waals surface area contributed by atoms with Gasteiger partial charge in [-0.1, -0.05) is 19.1 Å². The van der Waals surface area contributed by atoms with E-state index in [0.29, 0.717) is 18.5 Å². The normalized spacial score (nSPS) is 11.8. The summed E-state index contributed by atoms with van der Waals surface area (Å²) in [4.78, 5) is 11.4. The average Bonchev–Trinajstić information content (AvgIpc) is 2.38. The van der Waals surface area contributed by atoms with Crippen LogP contribution in [0.15, 0.2) is 29.2 Å². The Kier molecular flexibility index (Phi) is 5.65. The highest BCUT2D eigenvalue weighted by Gasteiger charge is 2.23. The smallest absolute Gasteiger partial charge is 0.243 e. The first-order valence-electron chi connectivity index (χ1n) is 6.15. The second-order valence-electron chi connectivity index (χ2n) is 4.21. The molecule has 1 N–H and O–H groups in total. The number of carbonyl (C=O) groups is 1. The molecule has 19 heavy (non-hydrogen) atoms. The van der Waals surface area contributed by atoms with E-state index in [4.69, 9.17) is 5.11 Å². The number of sulfonamides is 1. The molecule has 0 bridgehead atoms. The fourth-order valence-corrected chi connectivity index (χ4v) is 3.31. The molecule has 0 spiro atoms. The van der Waals surface area contributed by atoms with Crippen molar-refractivity contribution in [3.63, 3.8) is 0 Å². The molecule has 0 aromatic heterocycles. The van der Waals surface area contributed by atoms with E-state index in [1.165, 1.54) is 23.4 Å². The summed E-state index contributed by atoms with van der Waals surface area (Å²) in [6.07, 6.45) is 0.658. The molecular formula is C13H19NO4S. The van der Waals surface area contributed by atoms with E-state index in [0.717, 1.165) is 0 Å². The standard InChI is InChI=1S/C13H19NO4S/c1-3-7-14(8-9-15)19(17,18)13-6-4-5-12(10-13)11(2)16/h4-6,10,15H,3,7-9H2,1-2H3. The summed E-state index contributed by atoms with van der Waals surface area (Å²) >= 11 is 0. The zero-order valence-electron chi connectivity index (χ0n) is 11.2. The third kappa shape index (κ3) is 3.86. The van der Waals surface area contributed by atoms with Crippen LogP contribution in [0.2, 0.25) is 0 Å². The Morgan fingerprint density at radius 1 is 1.32 bits per heavy atom. The molecule has 0 radical (unpaired) electrons. The zero-order valence-corrected chi connectivity index (χ0v) is 12.0. The summed E-state index contributed by atoms with van der Waals surface area (Å²) in [7, 11) is -3.66. The molecule has 0 saturated heterocycles. The highest BCUT2D eigenvalue weighted by Crippen LogP contribution is 2.17. The number of ketones is 1. The van der Waals surface area contributed by atoms with Crippen molar-refractivity contribution in [1.82, 2.24) is 4.31 Å². The summed E-state index contributed by atoms with van der Waals surface area (Å²) in [6, 6.07) is 5.96. The van der Waals surface area contributed by atoms with Crippen LogP contribution in [0.5, 0.6) is 0 Å². The van der Waals surface area contributed by atoms with Crippen LogP contribution in [0.3, 0.4) is 0 Å². The fraction of sp³-hybridized carbons (Fsp3) is 0.462. The van der Waals surface area contributed by atoms with Gasteiger partial charge in [-0.3, -0.25) is 4.79 Å². The molecule has 6 heteroatoms. The van der Waals surface area contributed by atoms with E-state index < -0.39 is 10.0 Å². The molecule has 0 heterocycles. The minimum Gasteiger partial charge on any atom is -0.395 e. The van der Waals surface area contributed by atoms with Crippen LogP contribution in [-0.4, -0.2) is 43.3 Å². The van der Waals surface area contributed by atoms with Crippen LogP contribution in [0.4, 0.5) is 0 Å². The van der Waals surface area contributed by atoms with Gasteiger partial charge in [0.05, 0.1) is 11.5 Å². The number of aliphatic hydroxyl groups is 1. The molecule has 1 aromatic rings. The van der Waals surface area contributed by atoms with Gasteiger partial charge in [-0.2, -0.15) is 4.31 Å². The van der Waals surface area contributed by atoms with E-state index >= 15 is 0 Å². The van der Waals surface area contributed by atoms with Gasteiger partial charge in [0, 0.05) is 18.7 Å². The van der Waals surface area contributed by atoms with Crippen LogP contribution >= 0.6 is 0 Å². The Morgan fingerprint density at radius 3 is 2.53 bits per heavy atom. The van der Waals surface area contributed by atoms with Gasteiger partial charge in [0.2, 0.25) is 10.0 Å². The van der Waals surface area contributed by atoms with E-state index in [-0.39, 0.29) is 23.8 Å².